The number of hydrogen-bond donors (Lipinski definition) is 2. The molecule has 0 aliphatic rings. The summed E-state index contributed by atoms with van der Waals surface area (Å²) in [5.74, 6) is -1.18. The third-order valence-corrected chi connectivity index (χ3v) is 6.03. The molecule has 1 heterocycles. The van der Waals surface area contributed by atoms with Gasteiger partial charge in [0.25, 0.3) is 0 Å². The van der Waals surface area contributed by atoms with E-state index in [-0.39, 0.29) is 24.7 Å². The average Bonchev–Trinajstić information content (AvgIpc) is 3.48. The van der Waals surface area contributed by atoms with Gasteiger partial charge in [0.15, 0.2) is 0 Å². The van der Waals surface area contributed by atoms with Gasteiger partial charge in [0, 0.05) is 28.8 Å². The minimum atomic E-state index is -0.864. The highest BCUT2D eigenvalue weighted by Crippen LogP contribution is 2.20. The van der Waals surface area contributed by atoms with Gasteiger partial charge in [-0.2, -0.15) is 4.68 Å². The van der Waals surface area contributed by atoms with E-state index in [1.807, 2.05) is 30.3 Å². The van der Waals surface area contributed by atoms with Crippen molar-refractivity contribution in [3.63, 3.8) is 0 Å². The van der Waals surface area contributed by atoms with Gasteiger partial charge in [0.1, 0.15) is 12.4 Å². The minimum Gasteiger partial charge on any atom is -0.466 e. The zero-order chi connectivity index (χ0) is 28.3. The molecule has 2 amide bonds. The summed E-state index contributed by atoms with van der Waals surface area (Å²) < 4.78 is 6.43. The van der Waals surface area contributed by atoms with Gasteiger partial charge in [0.05, 0.1) is 18.7 Å². The van der Waals surface area contributed by atoms with Crippen LogP contribution in [0.1, 0.15) is 23.6 Å². The second kappa shape index (κ2) is 13.8. The first-order valence-corrected chi connectivity index (χ1v) is 12.9. The summed E-state index contributed by atoms with van der Waals surface area (Å²) in [5, 5.41) is 17.3. The van der Waals surface area contributed by atoms with E-state index < -0.39 is 11.9 Å². The molecule has 0 spiro atoms. The Balaban J connectivity index is 1.47. The number of nitrogens with zero attached hydrogens (tertiary/aromatic N) is 4. The highest BCUT2D eigenvalue weighted by atomic mass is 35.5. The van der Waals surface area contributed by atoms with Crippen LogP contribution in [0.15, 0.2) is 85.2 Å². The van der Waals surface area contributed by atoms with Crippen LogP contribution in [0, 0.1) is 0 Å². The molecule has 0 saturated carbocycles. The lowest BCUT2D eigenvalue weighted by atomic mass is 10.0. The minimum absolute atomic E-state index is 0.142. The van der Waals surface area contributed by atoms with Gasteiger partial charge in [-0.25, -0.2) is 0 Å². The molecule has 0 bridgehead atoms. The number of esters is 1. The normalized spacial score (nSPS) is 11.7. The number of carbonyl (C=O) groups is 3. The zero-order valence-corrected chi connectivity index (χ0v) is 22.4. The number of anilines is 1. The SMILES string of the molecule is CCOC(=O)Cc1ccc(NC(=O)[C@H](Cc2ccccc2)NC(=O)/C=C/c2cc(Cl)ccc2-n2cnnn2)cc1. The summed E-state index contributed by atoms with van der Waals surface area (Å²) in [4.78, 5) is 37.9. The van der Waals surface area contributed by atoms with E-state index in [9.17, 15) is 14.4 Å². The molecular weight excluding hydrogens is 532 g/mol. The molecule has 0 saturated heterocycles. The molecule has 40 heavy (non-hydrogen) atoms. The molecule has 4 rings (SSSR count). The van der Waals surface area contributed by atoms with Crippen molar-refractivity contribution in [2.45, 2.75) is 25.8 Å². The summed E-state index contributed by atoms with van der Waals surface area (Å²) in [6.07, 6.45) is 4.76. The van der Waals surface area contributed by atoms with Crippen LogP contribution in [0.25, 0.3) is 11.8 Å². The monoisotopic (exact) mass is 558 g/mol. The molecule has 0 aliphatic carbocycles. The van der Waals surface area contributed by atoms with Crippen molar-refractivity contribution < 1.29 is 19.1 Å². The van der Waals surface area contributed by atoms with Gasteiger partial charge in [-0.3, -0.25) is 14.4 Å². The lowest BCUT2D eigenvalue weighted by Crippen LogP contribution is -2.44. The summed E-state index contributed by atoms with van der Waals surface area (Å²) in [6.45, 7) is 2.07. The molecule has 1 aromatic heterocycles. The van der Waals surface area contributed by atoms with E-state index in [2.05, 4.69) is 26.2 Å². The van der Waals surface area contributed by atoms with E-state index in [0.717, 1.165) is 11.1 Å². The number of aromatic nitrogens is 4. The van der Waals surface area contributed by atoms with E-state index in [4.69, 9.17) is 16.3 Å². The molecule has 11 heteroatoms. The highest BCUT2D eigenvalue weighted by molar-refractivity contribution is 6.30. The van der Waals surface area contributed by atoms with Crippen molar-refractivity contribution in [3.05, 3.63) is 107 Å². The van der Waals surface area contributed by atoms with Crippen LogP contribution in [0.3, 0.4) is 0 Å². The average molecular weight is 559 g/mol. The molecule has 1 atom stereocenters. The molecular formula is C29H27ClN6O4. The molecule has 4 aromatic rings. The molecule has 0 unspecified atom stereocenters. The van der Waals surface area contributed by atoms with Crippen molar-refractivity contribution >= 4 is 41.1 Å². The van der Waals surface area contributed by atoms with Gasteiger partial charge in [0.2, 0.25) is 11.8 Å². The first-order chi connectivity index (χ1) is 19.4. The van der Waals surface area contributed by atoms with Gasteiger partial charge in [-0.1, -0.05) is 54.1 Å². The molecule has 204 valence electrons. The first-order valence-electron chi connectivity index (χ1n) is 12.5. The van der Waals surface area contributed by atoms with Crippen LogP contribution in [-0.2, 0) is 32.0 Å². The molecule has 0 fully saturated rings. The zero-order valence-electron chi connectivity index (χ0n) is 21.7. The number of rotatable bonds is 11. The van der Waals surface area contributed by atoms with Crippen LogP contribution in [-0.4, -0.2) is 50.6 Å². The highest BCUT2D eigenvalue weighted by Gasteiger charge is 2.21. The Morgan fingerprint density at radius 2 is 1.80 bits per heavy atom. The topological polar surface area (TPSA) is 128 Å². The Morgan fingerprint density at radius 3 is 2.50 bits per heavy atom. The fourth-order valence-corrected chi connectivity index (χ4v) is 4.08. The second-order valence-corrected chi connectivity index (χ2v) is 9.15. The first kappa shape index (κ1) is 28.2. The Hall–Kier alpha value is -4.83. The van der Waals surface area contributed by atoms with Crippen LogP contribution in [0.4, 0.5) is 5.69 Å². The number of carbonyl (C=O) groups excluding carboxylic acids is 3. The summed E-state index contributed by atoms with van der Waals surface area (Å²) in [6, 6.07) is 20.5. The van der Waals surface area contributed by atoms with Gasteiger partial charge >= 0.3 is 5.97 Å². The maximum atomic E-state index is 13.3. The van der Waals surface area contributed by atoms with Gasteiger partial charge < -0.3 is 15.4 Å². The number of halogens is 1. The third-order valence-electron chi connectivity index (χ3n) is 5.79. The maximum absolute atomic E-state index is 13.3. The predicted octanol–water partition coefficient (Wildman–Crippen LogP) is 3.80. The summed E-state index contributed by atoms with van der Waals surface area (Å²) >= 11 is 6.16. The predicted molar refractivity (Wildman–Crippen MR) is 151 cm³/mol. The molecule has 3 aromatic carbocycles. The van der Waals surface area contributed by atoms with Crippen molar-refractivity contribution in [3.8, 4) is 5.69 Å². The van der Waals surface area contributed by atoms with Crippen molar-refractivity contribution in [1.82, 2.24) is 25.5 Å². The number of nitrogens with one attached hydrogen (secondary N) is 2. The van der Waals surface area contributed by atoms with Crippen LogP contribution in [0.5, 0.6) is 0 Å². The lowest BCUT2D eigenvalue weighted by Gasteiger charge is -2.18. The standard InChI is InChI=1S/C29H27ClN6O4/c1-2-40-28(38)17-21-8-12-24(13-9-21)32-29(39)25(16-20-6-4-3-5-7-20)33-27(37)15-10-22-18-23(30)11-14-26(22)36-19-31-34-35-36/h3-15,18-19,25H,2,16-17H2,1H3,(H,32,39)(H,33,37)/b15-10+/t25-/m0/s1. The second-order valence-electron chi connectivity index (χ2n) is 8.71. The van der Waals surface area contributed by atoms with Crippen molar-refractivity contribution in [2.75, 3.05) is 11.9 Å². The molecule has 0 radical (unpaired) electrons. The Morgan fingerprint density at radius 1 is 1.02 bits per heavy atom. The smallest absolute Gasteiger partial charge is 0.310 e. The van der Waals surface area contributed by atoms with E-state index in [1.54, 1.807) is 55.5 Å². The van der Waals surface area contributed by atoms with E-state index in [1.165, 1.54) is 17.1 Å². The Bertz CT molecular complexity index is 1470. The lowest BCUT2D eigenvalue weighted by molar-refractivity contribution is -0.142. The molecule has 10 nitrogen and oxygen atoms in total. The third kappa shape index (κ3) is 8.08. The van der Waals surface area contributed by atoms with Crippen molar-refractivity contribution in [1.29, 1.82) is 0 Å². The van der Waals surface area contributed by atoms with E-state index >= 15 is 0 Å². The van der Waals surface area contributed by atoms with E-state index in [0.29, 0.717) is 28.6 Å². The fourth-order valence-electron chi connectivity index (χ4n) is 3.90. The summed E-state index contributed by atoms with van der Waals surface area (Å²) in [7, 11) is 0. The molecule has 0 aliphatic heterocycles. The van der Waals surface area contributed by atoms with Gasteiger partial charge in [-0.15, -0.1) is 5.10 Å². The number of ether oxygens (including phenoxy) is 1. The van der Waals surface area contributed by atoms with Crippen molar-refractivity contribution in [2.24, 2.45) is 0 Å². The fraction of sp³-hybridized carbons (Fsp3) is 0.172. The van der Waals surface area contributed by atoms with Crippen LogP contribution >= 0.6 is 11.6 Å². The summed E-state index contributed by atoms with van der Waals surface area (Å²) in [5.41, 5.74) is 3.42. The number of tetrazole rings is 1. The molecule has 2 N–H and O–H groups in total. The van der Waals surface area contributed by atoms with Crippen LogP contribution in [0.2, 0.25) is 5.02 Å². The largest absolute Gasteiger partial charge is 0.466 e. The maximum Gasteiger partial charge on any atom is 0.310 e. The number of amides is 2. The van der Waals surface area contributed by atoms with Crippen LogP contribution < -0.4 is 10.6 Å². The number of hydrogen-bond acceptors (Lipinski definition) is 7. The number of benzene rings is 3. The Labute approximate surface area is 236 Å². The quantitative estimate of drug-likeness (QED) is 0.212. The van der Waals surface area contributed by atoms with Gasteiger partial charge in [-0.05, 0) is 64.9 Å². The Kier molecular flexibility index (Phi) is 9.73.